The highest BCUT2D eigenvalue weighted by Gasteiger charge is 2.55. The number of β-lactam (4-membered cyclic amide) rings is 1. The van der Waals surface area contributed by atoms with Gasteiger partial charge in [-0.05, 0) is 19.4 Å². The smallest absolute Gasteiger partial charge is 0.431 e. The van der Waals surface area contributed by atoms with E-state index in [9.17, 15) is 24.0 Å². The number of ether oxygens (including phenoxy) is 4. The van der Waals surface area contributed by atoms with Crippen molar-refractivity contribution >= 4 is 64.3 Å². The number of hydrogen-bond acceptors (Lipinski definition) is 14. The van der Waals surface area contributed by atoms with E-state index in [-0.39, 0.29) is 28.8 Å². The molecule has 0 radical (unpaired) electrons. The fourth-order valence-corrected chi connectivity index (χ4v) is 5.53. The van der Waals surface area contributed by atoms with Crippen molar-refractivity contribution in [3.05, 3.63) is 22.3 Å². The Morgan fingerprint density at radius 2 is 1.97 bits per heavy atom. The molecule has 1 saturated heterocycles. The van der Waals surface area contributed by atoms with Gasteiger partial charge in [0.2, 0.25) is 12.7 Å². The molecule has 1 aromatic heterocycles. The predicted molar refractivity (Wildman–Crippen MR) is 138 cm³/mol. The van der Waals surface area contributed by atoms with Crippen LogP contribution < -0.4 is 10.6 Å². The monoisotopic (exact) mass is 585 g/mol. The standard InChI is InChI=1S/C22H27N5O10S2/c1-10(2)35-22(32)37-11(3)36-20(31)16-12(6-33-4)7-38-19-15(18(30)27(16)19)25-17(29)14(26-34-5)13-8-39-21(24-13)23-9-28/h8-11,15,19H,6-7H2,1-5H3,(H,25,29)(H,23,24,28). The van der Waals surface area contributed by atoms with E-state index in [2.05, 4.69) is 20.8 Å². The summed E-state index contributed by atoms with van der Waals surface area (Å²) in [7, 11) is 2.68. The molecule has 3 heterocycles. The van der Waals surface area contributed by atoms with Gasteiger partial charge in [0.25, 0.3) is 11.8 Å². The van der Waals surface area contributed by atoms with Crippen molar-refractivity contribution < 1.29 is 47.8 Å². The first-order valence-corrected chi connectivity index (χ1v) is 13.4. The van der Waals surface area contributed by atoms with Crippen LogP contribution in [0.5, 0.6) is 0 Å². The Hall–Kier alpha value is -3.70. The SMILES string of the molecule is COCC1=C(C(=O)OC(C)OC(=O)OC(C)C)N2C(=O)C(NC(=O)C(=NOC)c3csc(NC=O)n3)C2SC1. The minimum atomic E-state index is -1.30. The molecule has 0 aromatic carbocycles. The number of hydrogen-bond donors (Lipinski definition) is 2. The summed E-state index contributed by atoms with van der Waals surface area (Å²) in [6.45, 7) is 4.64. The Morgan fingerprint density at radius 1 is 1.23 bits per heavy atom. The minimum absolute atomic E-state index is 0.0429. The number of rotatable bonds is 12. The van der Waals surface area contributed by atoms with Gasteiger partial charge >= 0.3 is 12.1 Å². The van der Waals surface area contributed by atoms with Crippen LogP contribution in [-0.2, 0) is 43.0 Å². The van der Waals surface area contributed by atoms with Gasteiger partial charge in [-0.2, -0.15) is 0 Å². The first kappa shape index (κ1) is 29.9. The number of aromatic nitrogens is 1. The van der Waals surface area contributed by atoms with Crippen LogP contribution >= 0.6 is 23.1 Å². The minimum Gasteiger partial charge on any atom is -0.431 e. The van der Waals surface area contributed by atoms with Crippen molar-refractivity contribution in [1.82, 2.24) is 15.2 Å². The number of oxime groups is 1. The van der Waals surface area contributed by atoms with Crippen LogP contribution in [0.25, 0.3) is 0 Å². The zero-order valence-electron chi connectivity index (χ0n) is 21.6. The molecule has 212 valence electrons. The largest absolute Gasteiger partial charge is 0.511 e. The van der Waals surface area contributed by atoms with E-state index in [4.69, 9.17) is 23.8 Å². The number of carbonyl (C=O) groups is 5. The lowest BCUT2D eigenvalue weighted by Gasteiger charge is -2.49. The summed E-state index contributed by atoms with van der Waals surface area (Å²) in [5, 5.41) is 9.77. The van der Waals surface area contributed by atoms with E-state index in [0.29, 0.717) is 17.7 Å². The summed E-state index contributed by atoms with van der Waals surface area (Å²) in [5.41, 5.74) is 0.339. The van der Waals surface area contributed by atoms with E-state index < -0.39 is 47.7 Å². The second-order valence-electron chi connectivity index (χ2n) is 8.18. The van der Waals surface area contributed by atoms with Crippen LogP contribution in [-0.4, -0.2) is 96.3 Å². The first-order chi connectivity index (χ1) is 18.6. The number of thioether (sulfide) groups is 1. The first-order valence-electron chi connectivity index (χ1n) is 11.4. The van der Waals surface area contributed by atoms with Crippen LogP contribution in [0.15, 0.2) is 21.8 Å². The van der Waals surface area contributed by atoms with Crippen molar-refractivity contribution in [3.8, 4) is 0 Å². The molecule has 2 N–H and O–H groups in total. The molecule has 0 bridgehead atoms. The molecule has 1 fully saturated rings. The fourth-order valence-electron chi connectivity index (χ4n) is 3.55. The Balaban J connectivity index is 1.74. The number of nitrogens with one attached hydrogen (secondary N) is 2. The number of carbonyl (C=O) groups excluding carboxylic acids is 5. The molecule has 0 aliphatic carbocycles. The second kappa shape index (κ2) is 13.4. The molecule has 2 aliphatic rings. The predicted octanol–water partition coefficient (Wildman–Crippen LogP) is 0.813. The number of anilines is 1. The topological polar surface area (TPSA) is 184 Å². The highest BCUT2D eigenvalue weighted by atomic mass is 32.2. The average Bonchev–Trinajstić information content (AvgIpc) is 3.33. The highest BCUT2D eigenvalue weighted by Crippen LogP contribution is 2.41. The molecule has 1 aromatic rings. The van der Waals surface area contributed by atoms with E-state index in [1.807, 2.05) is 0 Å². The number of nitrogens with zero attached hydrogens (tertiary/aromatic N) is 3. The third kappa shape index (κ3) is 7.04. The summed E-state index contributed by atoms with van der Waals surface area (Å²) in [6.07, 6.45) is -2.31. The molecule has 3 amide bonds. The molecule has 3 rings (SSSR count). The normalized spacial score (nSPS) is 19.5. The molecule has 15 nitrogen and oxygen atoms in total. The van der Waals surface area contributed by atoms with Gasteiger partial charge in [0.15, 0.2) is 10.8 Å². The van der Waals surface area contributed by atoms with Gasteiger partial charge in [0, 0.05) is 25.2 Å². The summed E-state index contributed by atoms with van der Waals surface area (Å²) < 4.78 is 20.2. The van der Waals surface area contributed by atoms with E-state index in [1.54, 1.807) is 13.8 Å². The van der Waals surface area contributed by atoms with Gasteiger partial charge in [0.05, 0.1) is 12.7 Å². The number of esters is 1. The summed E-state index contributed by atoms with van der Waals surface area (Å²) in [5.74, 6) is -1.93. The van der Waals surface area contributed by atoms with Gasteiger partial charge in [-0.25, -0.2) is 14.6 Å². The van der Waals surface area contributed by atoms with Crippen molar-refractivity contribution in [2.45, 2.75) is 44.6 Å². The van der Waals surface area contributed by atoms with Crippen molar-refractivity contribution in [2.24, 2.45) is 5.16 Å². The van der Waals surface area contributed by atoms with Crippen LogP contribution in [0.3, 0.4) is 0 Å². The van der Waals surface area contributed by atoms with Crippen molar-refractivity contribution in [1.29, 1.82) is 0 Å². The maximum absolute atomic E-state index is 13.2. The fraction of sp³-hybridized carbons (Fsp3) is 0.500. The lowest BCUT2D eigenvalue weighted by Crippen LogP contribution is -2.71. The lowest BCUT2D eigenvalue weighted by atomic mass is 10.0. The number of thiazole rings is 1. The van der Waals surface area contributed by atoms with Crippen LogP contribution in [0, 0.1) is 0 Å². The van der Waals surface area contributed by atoms with Gasteiger partial charge in [0.1, 0.15) is 29.9 Å². The second-order valence-corrected chi connectivity index (χ2v) is 10.1. The summed E-state index contributed by atoms with van der Waals surface area (Å²) >= 11 is 2.37. The van der Waals surface area contributed by atoms with E-state index in [0.717, 1.165) is 11.3 Å². The Labute approximate surface area is 231 Å². The molecule has 17 heteroatoms. The number of methoxy groups -OCH3 is 1. The lowest BCUT2D eigenvalue weighted by molar-refractivity contribution is -0.169. The molecule has 39 heavy (non-hydrogen) atoms. The third-order valence-corrected chi connectivity index (χ3v) is 7.15. The number of fused-ring (bicyclic) bond motifs is 1. The highest BCUT2D eigenvalue weighted by molar-refractivity contribution is 8.00. The molecule has 0 saturated carbocycles. The van der Waals surface area contributed by atoms with E-state index >= 15 is 0 Å². The van der Waals surface area contributed by atoms with Crippen LogP contribution in [0.4, 0.5) is 9.93 Å². The molecule has 0 spiro atoms. The van der Waals surface area contributed by atoms with Gasteiger partial charge in [-0.15, -0.1) is 23.1 Å². The Bertz CT molecular complexity index is 1180. The zero-order valence-corrected chi connectivity index (χ0v) is 23.3. The van der Waals surface area contributed by atoms with Crippen LogP contribution in [0.2, 0.25) is 0 Å². The quantitative estimate of drug-likeness (QED) is 0.0880. The zero-order chi connectivity index (χ0) is 28.7. The Morgan fingerprint density at radius 3 is 2.62 bits per heavy atom. The number of amides is 3. The molecular weight excluding hydrogens is 558 g/mol. The van der Waals surface area contributed by atoms with Gasteiger partial charge in [-0.1, -0.05) is 5.16 Å². The molecule has 3 atom stereocenters. The van der Waals surface area contributed by atoms with E-state index in [1.165, 1.54) is 43.2 Å². The maximum Gasteiger partial charge on any atom is 0.511 e. The molecule has 3 unspecified atom stereocenters. The van der Waals surface area contributed by atoms with Gasteiger partial charge in [-0.3, -0.25) is 19.3 Å². The average molecular weight is 586 g/mol. The molecular formula is C22H27N5O10S2. The molecule has 2 aliphatic heterocycles. The van der Waals surface area contributed by atoms with Crippen molar-refractivity contribution in [3.63, 3.8) is 0 Å². The summed E-state index contributed by atoms with van der Waals surface area (Å²) in [4.78, 5) is 71.7. The Kier molecular flexibility index (Phi) is 10.2. The van der Waals surface area contributed by atoms with Crippen molar-refractivity contribution in [2.75, 3.05) is 31.9 Å². The van der Waals surface area contributed by atoms with Gasteiger partial charge < -0.3 is 34.4 Å². The third-order valence-electron chi connectivity index (χ3n) is 5.04. The van der Waals surface area contributed by atoms with Crippen LogP contribution in [0.1, 0.15) is 26.5 Å². The maximum atomic E-state index is 13.2. The summed E-state index contributed by atoms with van der Waals surface area (Å²) in [6, 6.07) is -1.00.